The lowest BCUT2D eigenvalue weighted by Gasteiger charge is -2.05. The third-order valence-electron chi connectivity index (χ3n) is 8.52. The molecule has 0 aliphatic carbocycles. The highest BCUT2D eigenvalue weighted by molar-refractivity contribution is 6.31. The van der Waals surface area contributed by atoms with E-state index >= 15 is 0 Å². The molecule has 0 aliphatic rings. The van der Waals surface area contributed by atoms with Crippen molar-refractivity contribution >= 4 is 74.4 Å². The van der Waals surface area contributed by atoms with Crippen molar-refractivity contribution in [2.75, 3.05) is 17.7 Å². The molecule has 0 aliphatic heterocycles. The van der Waals surface area contributed by atoms with Crippen LogP contribution in [0, 0.1) is 11.3 Å². The van der Waals surface area contributed by atoms with Crippen LogP contribution >= 0.6 is 23.2 Å². The Balaban J connectivity index is 0.000000172. The van der Waals surface area contributed by atoms with E-state index in [4.69, 9.17) is 33.2 Å². The number of nitrogens with one attached hydrogen (secondary N) is 4. The normalized spacial score (nSPS) is 10.6. The summed E-state index contributed by atoms with van der Waals surface area (Å²) in [6.07, 6.45) is 0. The van der Waals surface area contributed by atoms with E-state index < -0.39 is 5.97 Å². The standard InChI is InChI=1S/C22H16ClN3O3.C21H13ClN4O/c1-29-22(28)14-7-5-13(6-8-14)20-25-18-10-9-15(11-19(18)26-20)21(27)24-17-4-2-3-16(23)12-17;22-16-2-1-3-17(11-16)24-21(27)15-8-9-18-19(10-15)26-20(25-18)14-6-4-13(12-23)5-7-14/h2-12H,1H3,(H,24,27)(H,25,26);1-11H,(H,24,27)(H,25,26). The zero-order valence-corrected chi connectivity index (χ0v) is 30.9. The number of benzene rings is 6. The maximum Gasteiger partial charge on any atom is 0.337 e. The number of nitrogens with zero attached hydrogens (tertiary/aromatic N) is 3. The lowest BCUT2D eigenvalue weighted by molar-refractivity contribution is 0.0600. The van der Waals surface area contributed by atoms with E-state index in [1.165, 1.54) is 7.11 Å². The molecule has 0 saturated heterocycles. The maximum absolute atomic E-state index is 12.5. The van der Waals surface area contributed by atoms with E-state index in [1.54, 1.807) is 121 Å². The Morgan fingerprint density at radius 3 is 1.48 bits per heavy atom. The minimum atomic E-state index is -0.392. The first-order chi connectivity index (χ1) is 27.1. The van der Waals surface area contributed by atoms with Gasteiger partial charge in [-0.25, -0.2) is 14.8 Å². The topological polar surface area (TPSA) is 166 Å². The minimum Gasteiger partial charge on any atom is -0.465 e. The number of esters is 1. The average Bonchev–Trinajstić information content (AvgIpc) is 3.85. The third kappa shape index (κ3) is 8.58. The lowest BCUT2D eigenvalue weighted by atomic mass is 10.1. The number of carbonyl (C=O) groups excluding carboxylic acids is 3. The van der Waals surface area contributed by atoms with Gasteiger partial charge in [0.25, 0.3) is 11.8 Å². The summed E-state index contributed by atoms with van der Waals surface area (Å²) in [5.41, 5.74) is 7.99. The number of fused-ring (bicyclic) bond motifs is 2. The minimum absolute atomic E-state index is 0.228. The van der Waals surface area contributed by atoms with Crippen molar-refractivity contribution < 1.29 is 19.1 Å². The molecular formula is C43H29Cl2N7O4. The number of anilines is 2. The van der Waals surface area contributed by atoms with Gasteiger partial charge in [0.1, 0.15) is 11.6 Å². The van der Waals surface area contributed by atoms with Crippen molar-refractivity contribution in [1.82, 2.24) is 19.9 Å². The number of hydrogen-bond acceptors (Lipinski definition) is 7. The molecule has 2 amide bonds. The predicted octanol–water partition coefficient (Wildman–Crippen LogP) is 9.93. The van der Waals surface area contributed by atoms with E-state index in [-0.39, 0.29) is 11.8 Å². The monoisotopic (exact) mass is 777 g/mol. The molecule has 0 radical (unpaired) electrons. The number of H-pyrrole nitrogens is 2. The summed E-state index contributed by atoms with van der Waals surface area (Å²) in [6.45, 7) is 0. The molecule has 11 nitrogen and oxygen atoms in total. The molecule has 0 bridgehead atoms. The third-order valence-corrected chi connectivity index (χ3v) is 8.99. The van der Waals surface area contributed by atoms with Gasteiger partial charge in [0.2, 0.25) is 0 Å². The van der Waals surface area contributed by atoms with Crippen LogP contribution in [0.1, 0.15) is 36.6 Å². The van der Waals surface area contributed by atoms with E-state index in [9.17, 15) is 14.4 Å². The second-order valence-electron chi connectivity index (χ2n) is 12.3. The number of hydrogen-bond donors (Lipinski definition) is 4. The Labute approximate surface area is 329 Å². The van der Waals surface area contributed by atoms with E-state index in [0.717, 1.165) is 33.2 Å². The second-order valence-corrected chi connectivity index (χ2v) is 13.2. The van der Waals surface area contributed by atoms with E-state index in [0.29, 0.717) is 55.3 Å². The number of nitriles is 1. The van der Waals surface area contributed by atoms with Crippen molar-refractivity contribution in [3.05, 3.63) is 166 Å². The number of aromatic nitrogens is 4. The Morgan fingerprint density at radius 2 is 1.05 bits per heavy atom. The Hall–Kier alpha value is -7.26. The van der Waals surface area contributed by atoms with Crippen LogP contribution in [0.15, 0.2) is 133 Å². The zero-order chi connectivity index (χ0) is 39.2. The summed E-state index contributed by atoms with van der Waals surface area (Å²) < 4.78 is 4.71. The Bertz CT molecular complexity index is 2790. The molecule has 56 heavy (non-hydrogen) atoms. The molecule has 0 unspecified atom stereocenters. The number of ether oxygens (including phenoxy) is 1. The zero-order valence-electron chi connectivity index (χ0n) is 29.4. The van der Waals surface area contributed by atoms with Crippen LogP contribution < -0.4 is 10.6 Å². The molecule has 13 heteroatoms. The quantitative estimate of drug-likeness (QED) is 0.117. The molecular weight excluding hydrogens is 749 g/mol. The van der Waals surface area contributed by atoms with Gasteiger partial charge in [-0.2, -0.15) is 5.26 Å². The fourth-order valence-electron chi connectivity index (χ4n) is 5.70. The highest BCUT2D eigenvalue weighted by Crippen LogP contribution is 2.25. The maximum atomic E-state index is 12.5. The molecule has 8 rings (SSSR count). The van der Waals surface area contributed by atoms with Crippen LogP contribution in [-0.2, 0) is 4.74 Å². The summed E-state index contributed by atoms with van der Waals surface area (Å²) >= 11 is 11.9. The molecule has 0 atom stereocenters. The summed E-state index contributed by atoms with van der Waals surface area (Å²) in [5.74, 6) is 0.462. The van der Waals surface area contributed by atoms with E-state index in [2.05, 4.69) is 36.6 Å². The SMILES string of the molecule is COC(=O)c1ccc(-c2nc3ccc(C(=O)Nc4cccc(Cl)c4)cc3[nH]2)cc1.N#Cc1ccc(-c2nc3ccc(C(=O)Nc4cccc(Cl)c4)cc3[nH]2)cc1. The Kier molecular flexibility index (Phi) is 10.9. The van der Waals surface area contributed by atoms with Crippen LogP contribution in [-0.4, -0.2) is 44.8 Å². The first-order valence-corrected chi connectivity index (χ1v) is 17.7. The van der Waals surface area contributed by atoms with E-state index in [1.807, 2.05) is 12.1 Å². The van der Waals surface area contributed by atoms with Crippen LogP contribution in [0.4, 0.5) is 11.4 Å². The summed E-state index contributed by atoms with van der Waals surface area (Å²) in [6, 6.07) is 40.7. The molecule has 0 fully saturated rings. The summed E-state index contributed by atoms with van der Waals surface area (Å²) in [4.78, 5) is 52.1. The van der Waals surface area contributed by atoms with Crippen LogP contribution in [0.3, 0.4) is 0 Å². The molecule has 0 saturated carbocycles. The number of aromatic amines is 2. The fraction of sp³-hybridized carbons (Fsp3) is 0.0233. The van der Waals surface area contributed by atoms with Gasteiger partial charge in [-0.3, -0.25) is 9.59 Å². The molecule has 4 N–H and O–H groups in total. The van der Waals surface area contributed by atoms with Gasteiger partial charge < -0.3 is 25.3 Å². The van der Waals surface area contributed by atoms with Crippen LogP contribution in [0.25, 0.3) is 44.8 Å². The molecule has 8 aromatic rings. The van der Waals surface area contributed by atoms with Crippen molar-refractivity contribution in [2.24, 2.45) is 0 Å². The Morgan fingerprint density at radius 1 is 0.607 bits per heavy atom. The van der Waals surface area contributed by atoms with Crippen LogP contribution in [0.2, 0.25) is 10.0 Å². The first-order valence-electron chi connectivity index (χ1n) is 17.0. The van der Waals surface area contributed by atoms with Crippen molar-refractivity contribution in [1.29, 1.82) is 5.26 Å². The number of imidazole rings is 2. The molecule has 0 spiro atoms. The second kappa shape index (κ2) is 16.4. The van der Waals surface area contributed by atoms with Gasteiger partial charge in [0, 0.05) is 43.7 Å². The van der Waals surface area contributed by atoms with Gasteiger partial charge >= 0.3 is 5.97 Å². The number of amides is 2. The summed E-state index contributed by atoms with van der Waals surface area (Å²) in [7, 11) is 1.34. The number of halogens is 2. The highest BCUT2D eigenvalue weighted by atomic mass is 35.5. The molecule has 2 aromatic heterocycles. The molecule has 2 heterocycles. The smallest absolute Gasteiger partial charge is 0.337 e. The van der Waals surface area contributed by atoms with Gasteiger partial charge in [-0.15, -0.1) is 0 Å². The average molecular weight is 779 g/mol. The first kappa shape index (κ1) is 37.1. The van der Waals surface area contributed by atoms with Gasteiger partial charge in [-0.05, 0) is 109 Å². The number of carbonyl (C=O) groups is 3. The van der Waals surface area contributed by atoms with Gasteiger partial charge in [0.15, 0.2) is 0 Å². The van der Waals surface area contributed by atoms with Crippen molar-refractivity contribution in [2.45, 2.75) is 0 Å². The molecule has 274 valence electrons. The lowest BCUT2D eigenvalue weighted by Crippen LogP contribution is -2.11. The van der Waals surface area contributed by atoms with Gasteiger partial charge in [0.05, 0.1) is 46.4 Å². The van der Waals surface area contributed by atoms with Crippen LogP contribution in [0.5, 0.6) is 0 Å². The van der Waals surface area contributed by atoms with Crippen molar-refractivity contribution in [3.8, 4) is 28.8 Å². The highest BCUT2D eigenvalue weighted by Gasteiger charge is 2.13. The number of methoxy groups -OCH3 is 1. The summed E-state index contributed by atoms with van der Waals surface area (Å²) in [5, 5.41) is 15.7. The van der Waals surface area contributed by atoms with Crippen molar-refractivity contribution in [3.63, 3.8) is 0 Å². The van der Waals surface area contributed by atoms with Gasteiger partial charge in [-0.1, -0.05) is 47.5 Å². The number of rotatable bonds is 7. The molecule has 6 aromatic carbocycles. The fourth-order valence-corrected chi connectivity index (χ4v) is 6.08. The predicted molar refractivity (Wildman–Crippen MR) is 218 cm³/mol. The largest absolute Gasteiger partial charge is 0.465 e.